The van der Waals surface area contributed by atoms with Crippen molar-refractivity contribution in [3.8, 4) is 0 Å². The molecule has 2 heterocycles. The second kappa shape index (κ2) is 6.08. The Labute approximate surface area is 125 Å². The summed E-state index contributed by atoms with van der Waals surface area (Å²) in [4.78, 5) is 20.9. The number of anilines is 1. The number of aryl methyl sites for hydroxylation is 1. The minimum Gasteiger partial charge on any atom is -0.360 e. The van der Waals surface area contributed by atoms with Crippen molar-refractivity contribution in [3.63, 3.8) is 0 Å². The summed E-state index contributed by atoms with van der Waals surface area (Å²) in [5, 5.41) is 3.11. The van der Waals surface area contributed by atoms with E-state index in [0.717, 1.165) is 12.1 Å². The molecule has 1 N–H and O–H groups in total. The Morgan fingerprint density at radius 3 is 2.67 bits per heavy atom. The molecule has 0 aliphatic carbocycles. The van der Waals surface area contributed by atoms with Gasteiger partial charge in [0.2, 0.25) is 0 Å². The Morgan fingerprint density at radius 1 is 1.24 bits per heavy atom. The molecule has 0 saturated heterocycles. The van der Waals surface area contributed by atoms with Crippen LogP contribution >= 0.6 is 0 Å². The lowest BCUT2D eigenvalue weighted by atomic mass is 10.1. The molecule has 0 saturated carbocycles. The van der Waals surface area contributed by atoms with Crippen molar-refractivity contribution in [2.75, 3.05) is 5.32 Å². The minimum atomic E-state index is -0.268. The molecular weight excluding hydrogens is 264 g/mol. The van der Waals surface area contributed by atoms with E-state index in [-0.39, 0.29) is 11.1 Å². The SMILES string of the molecule is CCc1cccnc1CNc1nccn(C(C)(C)C)c1=O. The van der Waals surface area contributed by atoms with Crippen LogP contribution in [0.25, 0.3) is 0 Å². The lowest BCUT2D eigenvalue weighted by Gasteiger charge is -2.22. The van der Waals surface area contributed by atoms with E-state index >= 15 is 0 Å². The van der Waals surface area contributed by atoms with Gasteiger partial charge in [0.25, 0.3) is 5.56 Å². The van der Waals surface area contributed by atoms with Crippen molar-refractivity contribution in [3.05, 3.63) is 52.3 Å². The van der Waals surface area contributed by atoms with Crippen LogP contribution in [0.5, 0.6) is 0 Å². The van der Waals surface area contributed by atoms with Crippen LogP contribution in [0.4, 0.5) is 5.82 Å². The summed E-state index contributed by atoms with van der Waals surface area (Å²) >= 11 is 0. The first-order chi connectivity index (χ1) is 9.93. The zero-order chi connectivity index (χ0) is 15.5. The maximum Gasteiger partial charge on any atom is 0.293 e. The van der Waals surface area contributed by atoms with Crippen molar-refractivity contribution in [2.45, 2.75) is 46.2 Å². The minimum absolute atomic E-state index is 0.112. The van der Waals surface area contributed by atoms with E-state index < -0.39 is 0 Å². The Morgan fingerprint density at radius 2 is 2.00 bits per heavy atom. The molecule has 5 nitrogen and oxygen atoms in total. The Hall–Kier alpha value is -2.17. The monoisotopic (exact) mass is 286 g/mol. The van der Waals surface area contributed by atoms with E-state index in [1.165, 1.54) is 5.56 Å². The van der Waals surface area contributed by atoms with E-state index in [4.69, 9.17) is 0 Å². The lowest BCUT2D eigenvalue weighted by molar-refractivity contribution is 0.383. The summed E-state index contributed by atoms with van der Waals surface area (Å²) in [6, 6.07) is 3.98. The topological polar surface area (TPSA) is 59.8 Å². The third-order valence-electron chi connectivity index (χ3n) is 3.35. The molecule has 0 spiro atoms. The van der Waals surface area contributed by atoms with Crippen molar-refractivity contribution in [2.24, 2.45) is 0 Å². The molecule has 2 aromatic heterocycles. The highest BCUT2D eigenvalue weighted by Crippen LogP contribution is 2.12. The maximum absolute atomic E-state index is 12.4. The summed E-state index contributed by atoms with van der Waals surface area (Å²) in [7, 11) is 0. The van der Waals surface area contributed by atoms with Crippen LogP contribution in [0.15, 0.2) is 35.5 Å². The number of hydrogen-bond acceptors (Lipinski definition) is 4. The van der Waals surface area contributed by atoms with Gasteiger partial charge < -0.3 is 9.88 Å². The summed E-state index contributed by atoms with van der Waals surface area (Å²) in [5.41, 5.74) is 1.75. The smallest absolute Gasteiger partial charge is 0.293 e. The molecule has 112 valence electrons. The molecule has 0 fully saturated rings. The number of nitrogens with one attached hydrogen (secondary N) is 1. The molecule has 2 rings (SSSR count). The van der Waals surface area contributed by atoms with Gasteiger partial charge in [0, 0.05) is 24.1 Å². The van der Waals surface area contributed by atoms with Crippen LogP contribution in [0.2, 0.25) is 0 Å². The zero-order valence-corrected chi connectivity index (χ0v) is 13.1. The summed E-state index contributed by atoms with van der Waals surface area (Å²) in [6.07, 6.45) is 6.04. The van der Waals surface area contributed by atoms with Crippen molar-refractivity contribution >= 4 is 5.82 Å². The highest BCUT2D eigenvalue weighted by atomic mass is 16.1. The van der Waals surface area contributed by atoms with Crippen LogP contribution in [-0.4, -0.2) is 14.5 Å². The number of pyridine rings is 1. The second-order valence-electron chi connectivity index (χ2n) is 5.94. The predicted molar refractivity (Wildman–Crippen MR) is 84.4 cm³/mol. The molecule has 0 aliphatic rings. The number of rotatable bonds is 4. The highest BCUT2D eigenvalue weighted by molar-refractivity contribution is 5.33. The third kappa shape index (κ3) is 3.48. The van der Waals surface area contributed by atoms with Crippen molar-refractivity contribution in [1.29, 1.82) is 0 Å². The van der Waals surface area contributed by atoms with Gasteiger partial charge in [0.15, 0.2) is 5.82 Å². The Kier molecular flexibility index (Phi) is 4.40. The maximum atomic E-state index is 12.4. The fourth-order valence-corrected chi connectivity index (χ4v) is 2.18. The molecular formula is C16H22N4O. The van der Waals surface area contributed by atoms with Gasteiger partial charge in [-0.2, -0.15) is 0 Å². The number of nitrogens with zero attached hydrogens (tertiary/aromatic N) is 3. The van der Waals surface area contributed by atoms with Crippen LogP contribution in [0, 0.1) is 0 Å². The van der Waals surface area contributed by atoms with Gasteiger partial charge in [-0.25, -0.2) is 4.98 Å². The van der Waals surface area contributed by atoms with Crippen LogP contribution in [0.3, 0.4) is 0 Å². The number of aromatic nitrogens is 3. The normalized spacial score (nSPS) is 11.4. The molecule has 5 heteroatoms. The van der Waals surface area contributed by atoms with Gasteiger partial charge in [-0.3, -0.25) is 9.78 Å². The average Bonchev–Trinajstić information content (AvgIpc) is 2.45. The lowest BCUT2D eigenvalue weighted by Crippen LogP contribution is -2.35. The standard InChI is InChI=1S/C16H22N4O/c1-5-12-7-6-8-17-13(12)11-19-14-15(21)20(10-9-18-14)16(2,3)4/h6-10H,5,11H2,1-4H3,(H,18,19). The molecule has 0 aliphatic heterocycles. The second-order valence-corrected chi connectivity index (χ2v) is 5.94. The fourth-order valence-electron chi connectivity index (χ4n) is 2.18. The van der Waals surface area contributed by atoms with Crippen molar-refractivity contribution < 1.29 is 0 Å². The van der Waals surface area contributed by atoms with Gasteiger partial charge >= 0.3 is 0 Å². The van der Waals surface area contributed by atoms with Gasteiger partial charge in [-0.15, -0.1) is 0 Å². The van der Waals surface area contributed by atoms with Gasteiger partial charge in [0.1, 0.15) is 0 Å². The van der Waals surface area contributed by atoms with Crippen LogP contribution in [-0.2, 0) is 18.5 Å². The largest absolute Gasteiger partial charge is 0.360 e. The Balaban J connectivity index is 2.23. The van der Waals surface area contributed by atoms with E-state index in [2.05, 4.69) is 28.3 Å². The first-order valence-electron chi connectivity index (χ1n) is 7.18. The van der Waals surface area contributed by atoms with E-state index in [1.807, 2.05) is 26.8 Å². The number of hydrogen-bond donors (Lipinski definition) is 1. The quantitative estimate of drug-likeness (QED) is 0.938. The molecule has 0 atom stereocenters. The summed E-state index contributed by atoms with van der Waals surface area (Å²) in [5.74, 6) is 0.361. The third-order valence-corrected chi connectivity index (χ3v) is 3.35. The van der Waals surface area contributed by atoms with Crippen LogP contribution in [0.1, 0.15) is 39.0 Å². The molecule has 2 aromatic rings. The van der Waals surface area contributed by atoms with Crippen LogP contribution < -0.4 is 10.9 Å². The van der Waals surface area contributed by atoms with E-state index in [9.17, 15) is 4.79 Å². The zero-order valence-electron chi connectivity index (χ0n) is 13.1. The highest BCUT2D eigenvalue weighted by Gasteiger charge is 2.16. The first-order valence-corrected chi connectivity index (χ1v) is 7.18. The fraction of sp³-hybridized carbons (Fsp3) is 0.438. The summed E-state index contributed by atoms with van der Waals surface area (Å²) < 4.78 is 1.68. The summed E-state index contributed by atoms with van der Waals surface area (Å²) in [6.45, 7) is 8.57. The van der Waals surface area contributed by atoms with Crippen molar-refractivity contribution in [1.82, 2.24) is 14.5 Å². The first kappa shape index (κ1) is 15.2. The Bertz CT molecular complexity index is 670. The van der Waals surface area contributed by atoms with E-state index in [0.29, 0.717) is 12.4 Å². The molecule has 0 unspecified atom stereocenters. The van der Waals surface area contributed by atoms with E-state index in [1.54, 1.807) is 23.2 Å². The molecule has 0 radical (unpaired) electrons. The van der Waals surface area contributed by atoms with Gasteiger partial charge in [0.05, 0.1) is 12.2 Å². The average molecular weight is 286 g/mol. The van der Waals surface area contributed by atoms with Gasteiger partial charge in [-0.05, 0) is 38.8 Å². The molecule has 21 heavy (non-hydrogen) atoms. The molecule has 0 amide bonds. The molecule has 0 bridgehead atoms. The predicted octanol–water partition coefficient (Wildman–Crippen LogP) is 2.57. The molecule has 0 aromatic carbocycles. The van der Waals surface area contributed by atoms with Gasteiger partial charge in [-0.1, -0.05) is 13.0 Å².